The van der Waals surface area contributed by atoms with Crippen molar-refractivity contribution in [2.45, 2.75) is 57.7 Å². The molecule has 258 valence electrons. The minimum atomic E-state index is -4.90. The highest BCUT2D eigenvalue weighted by atomic mass is 19.4. The van der Waals surface area contributed by atoms with Crippen LogP contribution in [0.25, 0.3) is 33.1 Å². The monoisotopic (exact) mass is 687 g/mol. The van der Waals surface area contributed by atoms with Gasteiger partial charge in [-0.15, -0.1) is 0 Å². The molecular weight excluding hydrogens is 656 g/mol. The number of pyridine rings is 2. The first kappa shape index (κ1) is 32.6. The third-order valence-electron chi connectivity index (χ3n) is 9.26. The van der Waals surface area contributed by atoms with E-state index in [1.807, 2.05) is 0 Å². The lowest BCUT2D eigenvalue weighted by molar-refractivity contribution is -0.137. The number of nitrogens with zero attached hydrogens (tertiary/aromatic N) is 7. The summed E-state index contributed by atoms with van der Waals surface area (Å²) in [5.74, 6) is -2.00. The number of fused-ring (bicyclic) bond motifs is 1. The van der Waals surface area contributed by atoms with Crippen LogP contribution < -0.4 is 20.1 Å². The van der Waals surface area contributed by atoms with Crippen LogP contribution in [0, 0.1) is 18.6 Å². The van der Waals surface area contributed by atoms with Crippen molar-refractivity contribution in [3.8, 4) is 23.1 Å². The van der Waals surface area contributed by atoms with E-state index in [2.05, 4.69) is 30.1 Å². The van der Waals surface area contributed by atoms with Gasteiger partial charge in [-0.05, 0) is 51.9 Å². The molecule has 2 aliphatic heterocycles. The Kier molecular flexibility index (Phi) is 7.91. The molecule has 0 radical (unpaired) electrons. The molecule has 7 rings (SSSR count). The van der Waals surface area contributed by atoms with Gasteiger partial charge in [-0.1, -0.05) is 0 Å². The highest BCUT2D eigenvalue weighted by Crippen LogP contribution is 2.47. The largest absolute Gasteiger partial charge is 0.475 e. The molecule has 4 aromatic heterocycles. The molecule has 3 unspecified atom stereocenters. The number of nitrogens with one attached hydrogen (secondary N) is 1. The zero-order valence-electron chi connectivity index (χ0n) is 26.7. The average molecular weight is 688 g/mol. The van der Waals surface area contributed by atoms with E-state index in [9.17, 15) is 22.0 Å². The fourth-order valence-corrected chi connectivity index (χ4v) is 6.82. The van der Waals surface area contributed by atoms with E-state index in [1.165, 1.54) is 19.1 Å². The van der Waals surface area contributed by atoms with Gasteiger partial charge in [0.25, 0.3) is 0 Å². The zero-order valence-corrected chi connectivity index (χ0v) is 26.7. The van der Waals surface area contributed by atoms with Crippen LogP contribution in [0.1, 0.15) is 43.0 Å². The second-order valence-corrected chi connectivity index (χ2v) is 12.4. The number of likely N-dealkylation sites (N-methyl/N-ethyl adjacent to an activating group) is 1. The second-order valence-electron chi connectivity index (χ2n) is 12.4. The van der Waals surface area contributed by atoms with Crippen LogP contribution in [0.5, 0.6) is 11.9 Å². The van der Waals surface area contributed by atoms with E-state index in [-0.39, 0.29) is 58.6 Å². The number of alkyl halides is 4. The lowest BCUT2D eigenvalue weighted by atomic mass is 9.94. The van der Waals surface area contributed by atoms with Crippen molar-refractivity contribution in [3.05, 3.63) is 52.9 Å². The van der Waals surface area contributed by atoms with Crippen molar-refractivity contribution < 1.29 is 35.8 Å². The standard InChI is InChI=1S/C32H31F6N9O2/c1-13-7-20-18(10-41-45-20)22(24(13)32(36,37)38)26-25(35)27-23-29(44-31(43-27)49-12-21-19(34)5-6-46(21)4)47(14(2)11-48-30(23)42-26)15(3)17-8-16(33)9-40-28(17)39/h7-10,14-15,19,21H,5-6,11-12H2,1-4H3,(H2,39,40)(H,41,45)/t14-,15?,19?,21?/m0/s1. The summed E-state index contributed by atoms with van der Waals surface area (Å²) in [6.45, 7) is 4.94. The fourth-order valence-electron chi connectivity index (χ4n) is 6.82. The Morgan fingerprint density at radius 1 is 1.16 bits per heavy atom. The number of anilines is 2. The van der Waals surface area contributed by atoms with E-state index in [0.29, 0.717) is 18.5 Å². The van der Waals surface area contributed by atoms with E-state index in [0.717, 1.165) is 12.4 Å². The fraction of sp³-hybridized carbons (Fsp3) is 0.406. The van der Waals surface area contributed by atoms with Crippen LogP contribution in [-0.4, -0.2) is 80.1 Å². The number of likely N-dealkylation sites (tertiary alicyclic amines) is 1. The van der Waals surface area contributed by atoms with E-state index >= 15 is 4.39 Å². The van der Waals surface area contributed by atoms with Gasteiger partial charge in [0.1, 0.15) is 53.4 Å². The van der Waals surface area contributed by atoms with Crippen LogP contribution in [0.15, 0.2) is 24.5 Å². The number of aromatic nitrogens is 6. The number of rotatable bonds is 6. The first-order valence-electron chi connectivity index (χ1n) is 15.5. The smallest absolute Gasteiger partial charge is 0.417 e. The Hall–Kier alpha value is -4.93. The number of hydrogen-bond acceptors (Lipinski definition) is 10. The van der Waals surface area contributed by atoms with Gasteiger partial charge in [0, 0.05) is 23.1 Å². The lowest BCUT2D eigenvalue weighted by Crippen LogP contribution is -2.39. The lowest BCUT2D eigenvalue weighted by Gasteiger charge is -2.35. The molecule has 5 aromatic rings. The first-order chi connectivity index (χ1) is 23.2. The Morgan fingerprint density at radius 3 is 2.65 bits per heavy atom. The van der Waals surface area contributed by atoms with Gasteiger partial charge >= 0.3 is 12.2 Å². The zero-order chi connectivity index (χ0) is 34.9. The molecule has 2 aliphatic rings. The molecule has 11 nitrogen and oxygen atoms in total. The molecule has 49 heavy (non-hydrogen) atoms. The molecule has 1 aromatic carbocycles. The summed E-state index contributed by atoms with van der Waals surface area (Å²) in [5.41, 5.74) is 3.72. The predicted octanol–water partition coefficient (Wildman–Crippen LogP) is 5.92. The van der Waals surface area contributed by atoms with Gasteiger partial charge in [-0.25, -0.2) is 23.1 Å². The Morgan fingerprint density at radius 2 is 1.94 bits per heavy atom. The highest BCUT2D eigenvalue weighted by Gasteiger charge is 2.40. The number of ether oxygens (including phenoxy) is 2. The van der Waals surface area contributed by atoms with Gasteiger partial charge in [0.15, 0.2) is 5.82 Å². The molecule has 17 heteroatoms. The van der Waals surface area contributed by atoms with Crippen LogP contribution in [0.2, 0.25) is 0 Å². The number of H-pyrrole nitrogens is 1. The highest BCUT2D eigenvalue weighted by molar-refractivity contribution is 6.02. The van der Waals surface area contributed by atoms with E-state index < -0.39 is 64.4 Å². The minimum absolute atomic E-state index is 0.0220. The summed E-state index contributed by atoms with van der Waals surface area (Å²) in [6, 6.07) is 0.189. The normalized spacial score (nSPS) is 20.5. The third kappa shape index (κ3) is 5.49. The molecule has 3 N–H and O–H groups in total. The number of halogens is 6. The number of benzene rings is 1. The molecule has 4 atom stereocenters. The van der Waals surface area contributed by atoms with Crippen molar-refractivity contribution in [1.29, 1.82) is 0 Å². The summed E-state index contributed by atoms with van der Waals surface area (Å²) in [4.78, 5) is 20.7. The van der Waals surface area contributed by atoms with Gasteiger partial charge in [0.05, 0.1) is 41.6 Å². The molecule has 0 aliphatic carbocycles. The maximum atomic E-state index is 17.0. The molecule has 0 spiro atoms. The first-order valence-corrected chi connectivity index (χ1v) is 15.5. The van der Waals surface area contributed by atoms with Crippen LogP contribution in [0.3, 0.4) is 0 Å². The predicted molar refractivity (Wildman–Crippen MR) is 168 cm³/mol. The quantitative estimate of drug-likeness (QED) is 0.208. The Balaban J connectivity index is 1.49. The minimum Gasteiger partial charge on any atom is -0.475 e. The Bertz CT molecular complexity index is 2080. The van der Waals surface area contributed by atoms with Crippen LogP contribution >= 0.6 is 0 Å². The number of nitrogens with two attached hydrogens (primary N) is 1. The SMILES string of the molecule is Cc1cc2[nH]ncc2c(-c2nc3c4c(nc(OCC5C(F)CCN5C)nc4c2F)N(C(C)c2cc(F)cnc2N)[C@@H](C)CO3)c1C(F)(F)F. The summed E-state index contributed by atoms with van der Waals surface area (Å²) in [6.07, 6.45) is -3.66. The van der Waals surface area contributed by atoms with E-state index in [4.69, 9.17) is 15.2 Å². The van der Waals surface area contributed by atoms with Crippen molar-refractivity contribution in [2.75, 3.05) is 37.4 Å². The van der Waals surface area contributed by atoms with Crippen LogP contribution in [-0.2, 0) is 6.18 Å². The molecule has 1 saturated heterocycles. The van der Waals surface area contributed by atoms with Gasteiger partial charge < -0.3 is 20.1 Å². The average Bonchev–Trinajstić information content (AvgIpc) is 3.60. The number of nitrogen functional groups attached to an aromatic ring is 1. The summed E-state index contributed by atoms with van der Waals surface area (Å²) >= 11 is 0. The van der Waals surface area contributed by atoms with E-state index in [1.54, 1.807) is 30.7 Å². The summed E-state index contributed by atoms with van der Waals surface area (Å²) < 4.78 is 102. The topological polar surface area (TPSA) is 131 Å². The van der Waals surface area contributed by atoms with Crippen molar-refractivity contribution in [3.63, 3.8) is 0 Å². The van der Waals surface area contributed by atoms with Crippen molar-refractivity contribution >= 4 is 33.4 Å². The number of hydrogen-bond donors (Lipinski definition) is 2. The summed E-state index contributed by atoms with van der Waals surface area (Å²) in [7, 11) is 1.74. The molecule has 0 amide bonds. The number of aryl methyl sites for hydroxylation is 1. The van der Waals surface area contributed by atoms with Crippen molar-refractivity contribution in [2.24, 2.45) is 0 Å². The third-order valence-corrected chi connectivity index (χ3v) is 9.26. The maximum absolute atomic E-state index is 17.0. The van der Waals surface area contributed by atoms with Gasteiger partial charge in [-0.2, -0.15) is 28.2 Å². The van der Waals surface area contributed by atoms with Gasteiger partial charge in [0.2, 0.25) is 5.88 Å². The molecular formula is C32H31F6N9O2. The molecule has 0 saturated carbocycles. The Labute approximate surface area is 275 Å². The molecule has 1 fully saturated rings. The van der Waals surface area contributed by atoms with Gasteiger partial charge in [-0.3, -0.25) is 10.00 Å². The van der Waals surface area contributed by atoms with Crippen LogP contribution in [0.4, 0.5) is 38.0 Å². The van der Waals surface area contributed by atoms with Crippen molar-refractivity contribution in [1.82, 2.24) is 35.0 Å². The summed E-state index contributed by atoms with van der Waals surface area (Å²) in [5, 5.41) is 6.46. The molecule has 6 heterocycles. The second kappa shape index (κ2) is 11.9. The maximum Gasteiger partial charge on any atom is 0.417 e. The number of aromatic amines is 1. The molecule has 0 bridgehead atoms.